The molecule has 3 aromatic rings. The minimum atomic E-state index is -0.859. The molecular formula is C11H6F2N2. The Bertz CT molecular complexity index is 658. The summed E-state index contributed by atoms with van der Waals surface area (Å²) in [7, 11) is 0. The molecule has 1 aromatic carbocycles. The predicted octanol–water partition coefficient (Wildman–Crippen LogP) is 2.77. The van der Waals surface area contributed by atoms with Gasteiger partial charge in [0.1, 0.15) is 5.52 Å². The lowest BCUT2D eigenvalue weighted by Crippen LogP contribution is -1.95. The normalized spacial score (nSPS) is 11.3. The topological polar surface area (TPSA) is 17.3 Å². The van der Waals surface area contributed by atoms with E-state index < -0.39 is 11.6 Å². The summed E-state index contributed by atoms with van der Waals surface area (Å²) in [5.74, 6) is -1.72. The van der Waals surface area contributed by atoms with Crippen LogP contribution in [0, 0.1) is 11.6 Å². The first-order valence-electron chi connectivity index (χ1n) is 4.47. The van der Waals surface area contributed by atoms with Crippen LogP contribution < -0.4 is 0 Å². The first kappa shape index (κ1) is 8.35. The van der Waals surface area contributed by atoms with Crippen LogP contribution in [-0.2, 0) is 0 Å². The number of hydrogen-bond acceptors (Lipinski definition) is 1. The van der Waals surface area contributed by atoms with Gasteiger partial charge in [-0.15, -0.1) is 0 Å². The summed E-state index contributed by atoms with van der Waals surface area (Å²) < 4.78 is 28.2. The highest BCUT2D eigenvalue weighted by Crippen LogP contribution is 2.20. The van der Waals surface area contributed by atoms with Crippen molar-refractivity contribution in [3.63, 3.8) is 0 Å². The second-order valence-corrected chi connectivity index (χ2v) is 3.29. The van der Waals surface area contributed by atoms with Gasteiger partial charge in [-0.1, -0.05) is 0 Å². The first-order chi connectivity index (χ1) is 7.27. The Hall–Kier alpha value is -1.97. The minimum Gasteiger partial charge on any atom is -0.311 e. The zero-order valence-corrected chi connectivity index (χ0v) is 7.61. The van der Waals surface area contributed by atoms with Crippen molar-refractivity contribution in [2.24, 2.45) is 0 Å². The molecule has 0 aliphatic heterocycles. The Morgan fingerprint density at radius 2 is 2.00 bits per heavy atom. The average Bonchev–Trinajstić information content (AvgIpc) is 2.70. The number of fused-ring (bicyclic) bond motifs is 3. The smallest absolute Gasteiger partial charge is 0.184 e. The van der Waals surface area contributed by atoms with E-state index in [2.05, 4.69) is 4.98 Å². The molecular weight excluding hydrogens is 198 g/mol. The molecule has 0 amide bonds. The van der Waals surface area contributed by atoms with Crippen molar-refractivity contribution < 1.29 is 8.78 Å². The van der Waals surface area contributed by atoms with Crippen LogP contribution in [0.1, 0.15) is 0 Å². The van der Waals surface area contributed by atoms with Crippen molar-refractivity contribution in [1.82, 2.24) is 9.38 Å². The van der Waals surface area contributed by atoms with E-state index >= 15 is 0 Å². The fourth-order valence-electron chi connectivity index (χ4n) is 1.70. The van der Waals surface area contributed by atoms with Gasteiger partial charge < -0.3 is 4.40 Å². The molecule has 15 heavy (non-hydrogen) atoms. The maximum atomic E-state index is 13.6. The second kappa shape index (κ2) is 2.76. The lowest BCUT2D eigenvalue weighted by Gasteiger charge is -2.03. The summed E-state index contributed by atoms with van der Waals surface area (Å²) in [6.07, 6.45) is 3.31. The van der Waals surface area contributed by atoms with Crippen molar-refractivity contribution in [2.75, 3.05) is 0 Å². The maximum absolute atomic E-state index is 13.6. The Morgan fingerprint density at radius 3 is 2.87 bits per heavy atom. The van der Waals surface area contributed by atoms with Crippen LogP contribution in [0.5, 0.6) is 0 Å². The van der Waals surface area contributed by atoms with E-state index in [0.29, 0.717) is 5.52 Å². The van der Waals surface area contributed by atoms with Gasteiger partial charge >= 0.3 is 0 Å². The lowest BCUT2D eigenvalue weighted by molar-refractivity contribution is 0.514. The maximum Gasteiger partial charge on any atom is 0.184 e. The molecule has 0 saturated carbocycles. The van der Waals surface area contributed by atoms with Gasteiger partial charge in [0.15, 0.2) is 11.6 Å². The largest absolute Gasteiger partial charge is 0.311 e. The van der Waals surface area contributed by atoms with Gasteiger partial charge in [-0.3, -0.25) is 4.98 Å². The Balaban J connectivity index is 2.65. The molecule has 2 aromatic heterocycles. The van der Waals surface area contributed by atoms with Crippen molar-refractivity contribution in [2.45, 2.75) is 0 Å². The number of aromatic nitrogens is 2. The van der Waals surface area contributed by atoms with Crippen molar-refractivity contribution in [3.05, 3.63) is 48.3 Å². The minimum absolute atomic E-state index is 0.178. The van der Waals surface area contributed by atoms with E-state index in [4.69, 9.17) is 0 Å². The number of benzene rings is 1. The monoisotopic (exact) mass is 204 g/mol. The van der Waals surface area contributed by atoms with Crippen LogP contribution in [0.25, 0.3) is 16.6 Å². The molecule has 0 radical (unpaired) electrons. The van der Waals surface area contributed by atoms with E-state index in [1.165, 1.54) is 6.07 Å². The molecule has 0 unspecified atom stereocenters. The molecule has 2 nitrogen and oxygen atoms in total. The van der Waals surface area contributed by atoms with Crippen molar-refractivity contribution in [3.8, 4) is 0 Å². The van der Waals surface area contributed by atoms with Gasteiger partial charge in [-0.25, -0.2) is 8.78 Å². The molecule has 0 saturated heterocycles. The molecule has 0 aliphatic rings. The van der Waals surface area contributed by atoms with Crippen LogP contribution in [0.15, 0.2) is 36.7 Å². The number of rotatable bonds is 0. The standard InChI is InChI=1S/C11H6F2N2/c12-8-3-4-9-11(10(8)13)15-5-1-2-7(15)6-14-9/h1-6H. The quantitative estimate of drug-likeness (QED) is 0.550. The Morgan fingerprint density at radius 1 is 1.13 bits per heavy atom. The molecule has 2 heterocycles. The summed E-state index contributed by atoms with van der Waals surface area (Å²) in [5.41, 5.74) is 1.36. The number of hydrogen-bond donors (Lipinski definition) is 0. The van der Waals surface area contributed by atoms with Crippen LogP contribution in [0.4, 0.5) is 8.78 Å². The third-order valence-corrected chi connectivity index (χ3v) is 2.40. The molecule has 74 valence electrons. The summed E-state index contributed by atoms with van der Waals surface area (Å²) in [5, 5.41) is 0. The highest BCUT2D eigenvalue weighted by molar-refractivity contribution is 5.78. The Labute approximate surface area is 83.8 Å². The van der Waals surface area contributed by atoms with Crippen molar-refractivity contribution in [1.29, 1.82) is 0 Å². The van der Waals surface area contributed by atoms with Crippen LogP contribution >= 0.6 is 0 Å². The molecule has 0 fully saturated rings. The second-order valence-electron chi connectivity index (χ2n) is 3.29. The third kappa shape index (κ3) is 1.05. The van der Waals surface area contributed by atoms with Gasteiger partial charge in [0.05, 0.1) is 17.2 Å². The average molecular weight is 204 g/mol. The SMILES string of the molecule is Fc1ccc2ncc3cccn3c2c1F. The van der Waals surface area contributed by atoms with E-state index in [1.54, 1.807) is 28.9 Å². The van der Waals surface area contributed by atoms with Gasteiger partial charge in [0.2, 0.25) is 0 Å². The fourth-order valence-corrected chi connectivity index (χ4v) is 1.70. The van der Waals surface area contributed by atoms with Crippen LogP contribution in [0.2, 0.25) is 0 Å². The summed E-state index contributed by atoms with van der Waals surface area (Å²) >= 11 is 0. The van der Waals surface area contributed by atoms with Gasteiger partial charge in [-0.05, 0) is 24.3 Å². The van der Waals surface area contributed by atoms with Gasteiger partial charge in [0, 0.05) is 6.20 Å². The predicted molar refractivity (Wildman–Crippen MR) is 52.6 cm³/mol. The number of halogens is 2. The molecule has 3 rings (SSSR count). The highest BCUT2D eigenvalue weighted by Gasteiger charge is 2.10. The molecule has 0 spiro atoms. The Kier molecular flexibility index (Phi) is 1.54. The third-order valence-electron chi connectivity index (χ3n) is 2.40. The fraction of sp³-hybridized carbons (Fsp3) is 0. The van der Waals surface area contributed by atoms with E-state index in [1.807, 2.05) is 0 Å². The first-order valence-corrected chi connectivity index (χ1v) is 4.47. The molecule has 4 heteroatoms. The molecule has 0 N–H and O–H groups in total. The van der Waals surface area contributed by atoms with E-state index in [0.717, 1.165) is 11.6 Å². The van der Waals surface area contributed by atoms with Crippen LogP contribution in [0.3, 0.4) is 0 Å². The zero-order chi connectivity index (χ0) is 10.4. The highest BCUT2D eigenvalue weighted by atomic mass is 19.2. The summed E-state index contributed by atoms with van der Waals surface area (Å²) in [4.78, 5) is 4.06. The van der Waals surface area contributed by atoms with Crippen molar-refractivity contribution >= 4 is 16.6 Å². The molecule has 0 atom stereocenters. The lowest BCUT2D eigenvalue weighted by atomic mass is 10.2. The van der Waals surface area contributed by atoms with E-state index in [-0.39, 0.29) is 5.52 Å². The number of nitrogens with zero attached hydrogens (tertiary/aromatic N) is 2. The summed E-state index contributed by atoms with van der Waals surface area (Å²) in [6, 6.07) is 6.10. The zero-order valence-electron chi connectivity index (χ0n) is 7.61. The molecule has 0 bridgehead atoms. The van der Waals surface area contributed by atoms with Crippen LogP contribution in [-0.4, -0.2) is 9.38 Å². The van der Waals surface area contributed by atoms with Gasteiger partial charge in [-0.2, -0.15) is 0 Å². The molecule has 0 aliphatic carbocycles. The van der Waals surface area contributed by atoms with E-state index in [9.17, 15) is 8.78 Å². The summed E-state index contributed by atoms with van der Waals surface area (Å²) in [6.45, 7) is 0. The van der Waals surface area contributed by atoms with Gasteiger partial charge in [0.25, 0.3) is 0 Å².